The zero-order valence-corrected chi connectivity index (χ0v) is 15.4. The van der Waals surface area contributed by atoms with Crippen LogP contribution >= 0.6 is 15.9 Å². The first-order valence-corrected chi connectivity index (χ1v) is 9.24. The Morgan fingerprint density at radius 1 is 1.20 bits per heavy atom. The molecule has 20 heavy (non-hydrogen) atoms. The summed E-state index contributed by atoms with van der Waals surface area (Å²) in [6.07, 6.45) is 5.54. The van der Waals surface area contributed by atoms with Gasteiger partial charge in [0.1, 0.15) is 0 Å². The van der Waals surface area contributed by atoms with Crippen molar-refractivity contribution in [3.05, 3.63) is 0 Å². The van der Waals surface area contributed by atoms with Crippen LogP contribution < -0.4 is 5.32 Å². The molecule has 0 radical (unpaired) electrons. The summed E-state index contributed by atoms with van der Waals surface area (Å²) in [6, 6.07) is 0.308. The van der Waals surface area contributed by atoms with Crippen molar-refractivity contribution in [2.45, 2.75) is 72.8 Å². The molecular formula is C17H32BrNO. The van der Waals surface area contributed by atoms with Gasteiger partial charge < -0.3 is 5.32 Å². The Hall–Kier alpha value is -0.0500. The molecule has 0 aliphatic heterocycles. The molecule has 3 heteroatoms. The maximum Gasteiger partial charge on any atom is 0.223 e. The highest BCUT2D eigenvalue weighted by atomic mass is 79.9. The van der Waals surface area contributed by atoms with Gasteiger partial charge in [0.2, 0.25) is 5.91 Å². The van der Waals surface area contributed by atoms with E-state index >= 15 is 0 Å². The molecular weight excluding hydrogens is 314 g/mol. The average molecular weight is 346 g/mol. The minimum atomic E-state index is 0.241. The number of alkyl halides is 1. The molecule has 1 amide bonds. The number of rotatable bonds is 5. The largest absolute Gasteiger partial charge is 0.353 e. The molecule has 0 heterocycles. The second-order valence-electron chi connectivity index (χ2n) is 7.75. The van der Waals surface area contributed by atoms with Crippen LogP contribution in [0.4, 0.5) is 0 Å². The summed E-state index contributed by atoms with van der Waals surface area (Å²) in [5.74, 6) is 1.81. The van der Waals surface area contributed by atoms with E-state index in [4.69, 9.17) is 0 Å². The minimum absolute atomic E-state index is 0.241. The molecule has 0 aromatic carbocycles. The number of amides is 1. The van der Waals surface area contributed by atoms with E-state index in [1.165, 1.54) is 12.8 Å². The standard InChI is InChI=1S/C17H32BrNO/c1-12(2)15(10-11-18)19-16(20)13-6-8-14(9-7-13)17(3,4)5/h12-15H,6-11H2,1-5H3,(H,19,20). The van der Waals surface area contributed by atoms with Crippen LogP contribution in [0.5, 0.6) is 0 Å². The van der Waals surface area contributed by atoms with E-state index in [0.29, 0.717) is 17.4 Å². The molecule has 0 spiro atoms. The molecule has 0 aromatic heterocycles. The van der Waals surface area contributed by atoms with E-state index in [9.17, 15) is 4.79 Å². The number of nitrogens with one attached hydrogen (secondary N) is 1. The lowest BCUT2D eigenvalue weighted by Crippen LogP contribution is -2.43. The lowest BCUT2D eigenvalue weighted by molar-refractivity contribution is -0.127. The number of halogens is 1. The normalized spacial score (nSPS) is 25.6. The van der Waals surface area contributed by atoms with Crippen molar-refractivity contribution in [3.63, 3.8) is 0 Å². The highest BCUT2D eigenvalue weighted by molar-refractivity contribution is 9.09. The van der Waals surface area contributed by atoms with Gasteiger partial charge in [-0.3, -0.25) is 4.79 Å². The molecule has 2 nitrogen and oxygen atoms in total. The zero-order chi connectivity index (χ0) is 15.3. The second-order valence-corrected chi connectivity index (χ2v) is 8.54. The summed E-state index contributed by atoms with van der Waals surface area (Å²) in [6.45, 7) is 11.3. The van der Waals surface area contributed by atoms with Crippen molar-refractivity contribution in [1.29, 1.82) is 0 Å². The van der Waals surface area contributed by atoms with Crippen molar-refractivity contribution in [3.8, 4) is 0 Å². The van der Waals surface area contributed by atoms with Gasteiger partial charge in [-0.25, -0.2) is 0 Å². The predicted octanol–water partition coefficient (Wildman–Crippen LogP) is 4.76. The third-order valence-electron chi connectivity index (χ3n) is 4.88. The van der Waals surface area contributed by atoms with Gasteiger partial charge in [-0.1, -0.05) is 50.5 Å². The smallest absolute Gasteiger partial charge is 0.223 e. The summed E-state index contributed by atoms with van der Waals surface area (Å²) in [5, 5.41) is 4.22. The molecule has 1 atom stereocenters. The fourth-order valence-electron chi connectivity index (χ4n) is 3.21. The molecule has 0 saturated heterocycles. The highest BCUT2D eigenvalue weighted by Crippen LogP contribution is 2.39. The van der Waals surface area contributed by atoms with Crippen LogP contribution in [0.25, 0.3) is 0 Å². The topological polar surface area (TPSA) is 29.1 Å². The molecule has 118 valence electrons. The van der Waals surface area contributed by atoms with Gasteiger partial charge in [0.15, 0.2) is 0 Å². The number of carbonyl (C=O) groups excluding carboxylic acids is 1. The van der Waals surface area contributed by atoms with Crippen LogP contribution in [0.1, 0.15) is 66.7 Å². The summed E-state index contributed by atoms with van der Waals surface area (Å²) in [4.78, 5) is 12.4. The average Bonchev–Trinajstić information content (AvgIpc) is 2.37. The number of hydrogen-bond donors (Lipinski definition) is 1. The Labute approximate surface area is 133 Å². The van der Waals surface area contributed by atoms with Gasteiger partial charge in [-0.05, 0) is 49.4 Å². The maximum absolute atomic E-state index is 12.4. The Morgan fingerprint density at radius 3 is 2.15 bits per heavy atom. The third-order valence-corrected chi connectivity index (χ3v) is 5.33. The minimum Gasteiger partial charge on any atom is -0.353 e. The Kier molecular flexibility index (Phi) is 7.03. The van der Waals surface area contributed by atoms with Crippen LogP contribution in [0.15, 0.2) is 0 Å². The van der Waals surface area contributed by atoms with E-state index in [2.05, 4.69) is 55.9 Å². The van der Waals surface area contributed by atoms with Crippen molar-refractivity contribution >= 4 is 21.8 Å². The van der Waals surface area contributed by atoms with E-state index in [1.807, 2.05) is 0 Å². The SMILES string of the molecule is CC(C)C(CCBr)NC(=O)C1CCC(C(C)(C)C)CC1. The first-order chi connectivity index (χ1) is 9.25. The lowest BCUT2D eigenvalue weighted by atomic mass is 9.69. The van der Waals surface area contributed by atoms with Crippen molar-refractivity contribution in [2.24, 2.45) is 23.2 Å². The van der Waals surface area contributed by atoms with E-state index in [1.54, 1.807) is 0 Å². The molecule has 1 rings (SSSR count). The molecule has 1 aliphatic rings. The van der Waals surface area contributed by atoms with Gasteiger partial charge >= 0.3 is 0 Å². The van der Waals surface area contributed by atoms with Crippen LogP contribution in [-0.2, 0) is 4.79 Å². The van der Waals surface area contributed by atoms with Crippen LogP contribution in [-0.4, -0.2) is 17.3 Å². The predicted molar refractivity (Wildman–Crippen MR) is 90.1 cm³/mol. The first kappa shape index (κ1) is 18.0. The fourth-order valence-corrected chi connectivity index (χ4v) is 3.71. The van der Waals surface area contributed by atoms with Crippen LogP contribution in [0, 0.1) is 23.2 Å². The summed E-state index contributed by atoms with van der Waals surface area (Å²) >= 11 is 3.48. The van der Waals surface area contributed by atoms with Gasteiger partial charge in [-0.15, -0.1) is 0 Å². The molecule has 1 aliphatic carbocycles. The Morgan fingerprint density at radius 2 is 1.75 bits per heavy atom. The Balaban J connectivity index is 2.46. The van der Waals surface area contributed by atoms with E-state index in [0.717, 1.165) is 30.5 Å². The number of hydrogen-bond acceptors (Lipinski definition) is 1. The monoisotopic (exact) mass is 345 g/mol. The maximum atomic E-state index is 12.4. The zero-order valence-electron chi connectivity index (χ0n) is 13.8. The van der Waals surface area contributed by atoms with E-state index in [-0.39, 0.29) is 11.8 Å². The van der Waals surface area contributed by atoms with Crippen molar-refractivity contribution in [1.82, 2.24) is 5.32 Å². The quantitative estimate of drug-likeness (QED) is 0.714. The van der Waals surface area contributed by atoms with Gasteiger partial charge in [0, 0.05) is 17.3 Å². The second kappa shape index (κ2) is 7.82. The Bertz CT molecular complexity index is 301. The summed E-state index contributed by atoms with van der Waals surface area (Å²) in [5.41, 5.74) is 0.387. The summed E-state index contributed by atoms with van der Waals surface area (Å²) in [7, 11) is 0. The number of carbonyl (C=O) groups is 1. The van der Waals surface area contributed by atoms with Gasteiger partial charge in [0.25, 0.3) is 0 Å². The van der Waals surface area contributed by atoms with Gasteiger partial charge in [0.05, 0.1) is 0 Å². The van der Waals surface area contributed by atoms with Gasteiger partial charge in [-0.2, -0.15) is 0 Å². The molecule has 1 N–H and O–H groups in total. The molecule has 1 fully saturated rings. The highest BCUT2D eigenvalue weighted by Gasteiger charge is 2.33. The first-order valence-electron chi connectivity index (χ1n) is 8.12. The summed E-state index contributed by atoms with van der Waals surface area (Å²) < 4.78 is 0. The molecule has 1 saturated carbocycles. The molecule has 1 unspecified atom stereocenters. The fraction of sp³-hybridized carbons (Fsp3) is 0.941. The van der Waals surface area contributed by atoms with Crippen molar-refractivity contribution in [2.75, 3.05) is 5.33 Å². The van der Waals surface area contributed by atoms with Crippen molar-refractivity contribution < 1.29 is 4.79 Å². The molecule has 0 bridgehead atoms. The lowest BCUT2D eigenvalue weighted by Gasteiger charge is -2.37. The van der Waals surface area contributed by atoms with E-state index < -0.39 is 0 Å². The van der Waals surface area contributed by atoms with Crippen LogP contribution in [0.2, 0.25) is 0 Å². The van der Waals surface area contributed by atoms with Crippen LogP contribution in [0.3, 0.4) is 0 Å². The third kappa shape index (κ3) is 5.38. The molecule has 0 aromatic rings.